The van der Waals surface area contributed by atoms with Crippen LogP contribution in [-0.4, -0.2) is 5.91 Å². The van der Waals surface area contributed by atoms with E-state index in [1.165, 1.54) is 13.0 Å². The Morgan fingerprint density at radius 2 is 1.71 bits per heavy atom. The van der Waals surface area contributed by atoms with E-state index in [0.29, 0.717) is 11.3 Å². The lowest BCUT2D eigenvalue weighted by Crippen LogP contribution is -2.28. The molecule has 0 bridgehead atoms. The third kappa shape index (κ3) is 3.02. The molecule has 0 heterocycles. The summed E-state index contributed by atoms with van der Waals surface area (Å²) < 4.78 is 27.4. The highest BCUT2D eigenvalue weighted by Crippen LogP contribution is 2.22. The highest BCUT2D eigenvalue weighted by atomic mass is 19.1. The topological polar surface area (TPSA) is 55.1 Å². The second kappa shape index (κ2) is 5.91. The fourth-order valence-electron chi connectivity index (χ4n) is 2.15. The van der Waals surface area contributed by atoms with Gasteiger partial charge in [0.25, 0.3) is 5.91 Å². The molecule has 2 aromatic carbocycles. The third-order valence-corrected chi connectivity index (χ3v) is 3.35. The van der Waals surface area contributed by atoms with E-state index < -0.39 is 23.6 Å². The maximum Gasteiger partial charge on any atom is 0.253 e. The summed E-state index contributed by atoms with van der Waals surface area (Å²) in [6, 6.07) is 7.84. The minimum Gasteiger partial charge on any atom is -0.398 e. The number of carbonyl (C=O) groups excluding carboxylic acids is 1. The van der Waals surface area contributed by atoms with Crippen LogP contribution < -0.4 is 11.1 Å². The Bertz CT molecular complexity index is 666. The number of hydrogen-bond acceptors (Lipinski definition) is 2. The molecule has 1 atom stereocenters. The molecule has 5 heteroatoms. The van der Waals surface area contributed by atoms with Crippen molar-refractivity contribution in [2.24, 2.45) is 0 Å². The number of rotatable bonds is 3. The summed E-state index contributed by atoms with van der Waals surface area (Å²) in [5, 5.41) is 2.56. The average molecular weight is 290 g/mol. The Balaban J connectivity index is 2.25. The molecule has 0 saturated heterocycles. The van der Waals surface area contributed by atoms with Gasteiger partial charge in [-0.05, 0) is 37.6 Å². The lowest BCUT2D eigenvalue weighted by molar-refractivity contribution is 0.0939. The van der Waals surface area contributed by atoms with Gasteiger partial charge in [-0.25, -0.2) is 8.78 Å². The van der Waals surface area contributed by atoms with Crippen LogP contribution in [-0.2, 0) is 0 Å². The summed E-state index contributed by atoms with van der Waals surface area (Å²) >= 11 is 0. The van der Waals surface area contributed by atoms with Crippen molar-refractivity contribution >= 4 is 11.6 Å². The van der Waals surface area contributed by atoms with E-state index >= 15 is 0 Å². The second-order valence-corrected chi connectivity index (χ2v) is 4.87. The number of nitrogens with one attached hydrogen (secondary N) is 1. The summed E-state index contributed by atoms with van der Waals surface area (Å²) in [5.41, 5.74) is 7.10. The fraction of sp³-hybridized carbons (Fsp3) is 0.188. The molecule has 3 N–H and O–H groups in total. The van der Waals surface area contributed by atoms with E-state index in [2.05, 4.69) is 5.32 Å². The first kappa shape index (κ1) is 15.0. The van der Waals surface area contributed by atoms with Crippen molar-refractivity contribution in [2.45, 2.75) is 19.9 Å². The molecule has 1 amide bonds. The van der Waals surface area contributed by atoms with Crippen molar-refractivity contribution in [2.75, 3.05) is 5.73 Å². The second-order valence-electron chi connectivity index (χ2n) is 4.87. The van der Waals surface area contributed by atoms with E-state index in [9.17, 15) is 13.6 Å². The zero-order chi connectivity index (χ0) is 15.6. The van der Waals surface area contributed by atoms with Crippen LogP contribution in [0.4, 0.5) is 14.5 Å². The Hall–Kier alpha value is -2.43. The van der Waals surface area contributed by atoms with Crippen LogP contribution in [0.25, 0.3) is 0 Å². The Kier molecular flexibility index (Phi) is 4.21. The minimum absolute atomic E-state index is 0.169. The number of amides is 1. The van der Waals surface area contributed by atoms with Crippen molar-refractivity contribution in [3.05, 3.63) is 64.7 Å². The monoisotopic (exact) mass is 290 g/mol. The first-order valence-electron chi connectivity index (χ1n) is 6.51. The number of hydrogen-bond donors (Lipinski definition) is 2. The number of nitrogen functional groups attached to an aromatic ring is 1. The smallest absolute Gasteiger partial charge is 0.253 e. The van der Waals surface area contributed by atoms with Crippen molar-refractivity contribution in [3.8, 4) is 0 Å². The first-order chi connectivity index (χ1) is 9.91. The third-order valence-electron chi connectivity index (χ3n) is 3.35. The Labute approximate surface area is 121 Å². The number of carbonyl (C=O) groups is 1. The predicted octanol–water partition coefficient (Wildman–Crippen LogP) is 3.35. The quantitative estimate of drug-likeness (QED) is 0.852. The van der Waals surface area contributed by atoms with Gasteiger partial charge in [0.2, 0.25) is 0 Å². The predicted molar refractivity (Wildman–Crippen MR) is 77.8 cm³/mol. The van der Waals surface area contributed by atoms with Crippen LogP contribution in [0.1, 0.15) is 34.5 Å². The van der Waals surface area contributed by atoms with E-state index in [-0.39, 0.29) is 5.56 Å². The van der Waals surface area contributed by atoms with Crippen LogP contribution in [0.2, 0.25) is 0 Å². The number of nitrogens with two attached hydrogens (primary N) is 1. The average Bonchev–Trinajstić information content (AvgIpc) is 2.41. The number of para-hydroxylation sites is 1. The van der Waals surface area contributed by atoms with E-state index in [1.54, 1.807) is 25.1 Å². The zero-order valence-corrected chi connectivity index (χ0v) is 11.8. The van der Waals surface area contributed by atoms with Crippen LogP contribution in [0, 0.1) is 18.6 Å². The number of benzene rings is 2. The van der Waals surface area contributed by atoms with Crippen molar-refractivity contribution in [1.29, 1.82) is 0 Å². The summed E-state index contributed by atoms with van der Waals surface area (Å²) in [6.45, 7) is 3.30. The van der Waals surface area contributed by atoms with Crippen LogP contribution in [0.15, 0.2) is 36.4 Å². The normalized spacial score (nSPS) is 12.0. The van der Waals surface area contributed by atoms with Gasteiger partial charge in [0.15, 0.2) is 0 Å². The largest absolute Gasteiger partial charge is 0.398 e. The molecule has 0 aliphatic rings. The molecule has 1 unspecified atom stereocenters. The first-order valence-corrected chi connectivity index (χ1v) is 6.51. The lowest BCUT2D eigenvalue weighted by atomic mass is 10.0. The molecule has 0 aromatic heterocycles. The number of anilines is 1. The van der Waals surface area contributed by atoms with Gasteiger partial charge < -0.3 is 11.1 Å². The number of halogens is 2. The van der Waals surface area contributed by atoms with E-state index in [4.69, 9.17) is 5.73 Å². The lowest BCUT2D eigenvalue weighted by Gasteiger charge is -2.17. The molecule has 0 spiro atoms. The van der Waals surface area contributed by atoms with Crippen LogP contribution >= 0.6 is 0 Å². The Morgan fingerprint density at radius 3 is 2.33 bits per heavy atom. The van der Waals surface area contributed by atoms with Gasteiger partial charge in [-0.2, -0.15) is 0 Å². The maximum atomic E-state index is 13.7. The number of aryl methyl sites for hydroxylation is 1. The van der Waals surface area contributed by atoms with Gasteiger partial charge in [0, 0.05) is 11.3 Å². The molecule has 0 aliphatic heterocycles. The fourth-order valence-corrected chi connectivity index (χ4v) is 2.15. The molecule has 2 rings (SSSR count). The molecular formula is C16H16F2N2O. The summed E-state index contributed by atoms with van der Waals surface area (Å²) in [5.74, 6) is -1.86. The van der Waals surface area contributed by atoms with E-state index in [1.807, 2.05) is 0 Å². The molecule has 2 aromatic rings. The molecular weight excluding hydrogens is 274 g/mol. The van der Waals surface area contributed by atoms with Gasteiger partial charge >= 0.3 is 0 Å². The molecule has 0 radical (unpaired) electrons. The van der Waals surface area contributed by atoms with E-state index in [0.717, 1.165) is 17.7 Å². The van der Waals surface area contributed by atoms with Gasteiger partial charge in [-0.1, -0.05) is 18.2 Å². The van der Waals surface area contributed by atoms with Crippen molar-refractivity contribution < 1.29 is 13.6 Å². The summed E-state index contributed by atoms with van der Waals surface area (Å²) in [7, 11) is 0. The van der Waals surface area contributed by atoms with Crippen molar-refractivity contribution in [3.63, 3.8) is 0 Å². The maximum absolute atomic E-state index is 13.7. The van der Waals surface area contributed by atoms with Gasteiger partial charge in [0.1, 0.15) is 11.6 Å². The standard InChI is InChI=1S/C16H16F2N2O/c1-9-5-3-6-11(15(9)19)16(21)20-10(2)14-12(17)7-4-8-13(14)18/h3-8,10H,19H2,1-2H3,(H,20,21). The summed E-state index contributed by atoms with van der Waals surface area (Å²) in [4.78, 5) is 12.2. The highest BCUT2D eigenvalue weighted by Gasteiger charge is 2.19. The molecule has 3 nitrogen and oxygen atoms in total. The molecule has 0 fully saturated rings. The van der Waals surface area contributed by atoms with Gasteiger partial charge in [-0.3, -0.25) is 4.79 Å². The molecule has 21 heavy (non-hydrogen) atoms. The highest BCUT2D eigenvalue weighted by molar-refractivity contribution is 5.99. The van der Waals surface area contributed by atoms with Crippen molar-refractivity contribution in [1.82, 2.24) is 5.32 Å². The molecule has 0 aliphatic carbocycles. The summed E-state index contributed by atoms with van der Waals surface area (Å²) in [6.07, 6.45) is 0. The van der Waals surface area contributed by atoms with Gasteiger partial charge in [0.05, 0.1) is 11.6 Å². The zero-order valence-electron chi connectivity index (χ0n) is 11.8. The van der Waals surface area contributed by atoms with Gasteiger partial charge in [-0.15, -0.1) is 0 Å². The minimum atomic E-state index is -0.807. The van der Waals surface area contributed by atoms with Crippen LogP contribution in [0.3, 0.4) is 0 Å². The molecule has 110 valence electrons. The Morgan fingerprint density at radius 1 is 1.14 bits per heavy atom. The van der Waals surface area contributed by atoms with Crippen LogP contribution in [0.5, 0.6) is 0 Å². The SMILES string of the molecule is Cc1cccc(C(=O)NC(C)c2c(F)cccc2F)c1N. The molecule has 0 saturated carbocycles.